The molecule has 1 amide bonds. The Kier molecular flexibility index (Phi) is 3.23. The Bertz CT molecular complexity index is 800. The van der Waals surface area contributed by atoms with Gasteiger partial charge < -0.3 is 5.32 Å². The van der Waals surface area contributed by atoms with Gasteiger partial charge >= 0.3 is 0 Å². The SMILES string of the molecule is O=C(Nc1ccc2cn[nH]c2c1)c1ccc(Br)c(F)c1. The maximum absolute atomic E-state index is 13.4. The Morgan fingerprint density at radius 1 is 1.25 bits per heavy atom. The van der Waals surface area contributed by atoms with Gasteiger partial charge in [0.2, 0.25) is 0 Å². The summed E-state index contributed by atoms with van der Waals surface area (Å²) in [6.45, 7) is 0. The van der Waals surface area contributed by atoms with E-state index in [9.17, 15) is 9.18 Å². The molecule has 0 saturated carbocycles. The van der Waals surface area contributed by atoms with E-state index in [4.69, 9.17) is 0 Å². The molecular formula is C14H9BrFN3O. The molecule has 0 bridgehead atoms. The molecule has 3 rings (SSSR count). The predicted molar refractivity (Wildman–Crippen MR) is 78.1 cm³/mol. The van der Waals surface area contributed by atoms with Crippen LogP contribution in [0.3, 0.4) is 0 Å². The first-order chi connectivity index (χ1) is 9.63. The van der Waals surface area contributed by atoms with E-state index in [2.05, 4.69) is 31.4 Å². The molecule has 0 atom stereocenters. The molecule has 2 N–H and O–H groups in total. The van der Waals surface area contributed by atoms with Crippen LogP contribution in [0, 0.1) is 5.82 Å². The second kappa shape index (κ2) is 5.05. The smallest absolute Gasteiger partial charge is 0.255 e. The number of aromatic amines is 1. The van der Waals surface area contributed by atoms with Crippen molar-refractivity contribution in [3.05, 3.63) is 58.4 Å². The number of nitrogens with zero attached hydrogens (tertiary/aromatic N) is 1. The van der Waals surface area contributed by atoms with E-state index in [1.807, 2.05) is 6.07 Å². The number of hydrogen-bond acceptors (Lipinski definition) is 2. The summed E-state index contributed by atoms with van der Waals surface area (Å²) in [7, 11) is 0. The van der Waals surface area contributed by atoms with Crippen molar-refractivity contribution in [3.63, 3.8) is 0 Å². The summed E-state index contributed by atoms with van der Waals surface area (Å²) >= 11 is 3.05. The number of fused-ring (bicyclic) bond motifs is 1. The molecule has 0 radical (unpaired) electrons. The summed E-state index contributed by atoms with van der Waals surface area (Å²) in [5.74, 6) is -0.836. The minimum atomic E-state index is -0.471. The highest BCUT2D eigenvalue weighted by Gasteiger charge is 2.09. The zero-order valence-corrected chi connectivity index (χ0v) is 11.7. The summed E-state index contributed by atoms with van der Waals surface area (Å²) in [4.78, 5) is 12.0. The van der Waals surface area contributed by atoms with Crippen LogP contribution in [-0.4, -0.2) is 16.1 Å². The fourth-order valence-corrected chi connectivity index (χ4v) is 2.10. The number of aromatic nitrogens is 2. The summed E-state index contributed by atoms with van der Waals surface area (Å²) in [5.41, 5.74) is 1.70. The molecule has 0 fully saturated rings. The molecule has 0 spiro atoms. The molecule has 2 aromatic carbocycles. The summed E-state index contributed by atoms with van der Waals surface area (Å²) in [6.07, 6.45) is 1.70. The van der Waals surface area contributed by atoms with E-state index >= 15 is 0 Å². The fourth-order valence-electron chi connectivity index (χ4n) is 1.86. The predicted octanol–water partition coefficient (Wildman–Crippen LogP) is 3.72. The molecule has 100 valence electrons. The Morgan fingerprint density at radius 3 is 2.90 bits per heavy atom. The van der Waals surface area contributed by atoms with Crippen molar-refractivity contribution in [3.8, 4) is 0 Å². The van der Waals surface area contributed by atoms with Crippen LogP contribution in [0.1, 0.15) is 10.4 Å². The van der Waals surface area contributed by atoms with E-state index < -0.39 is 5.82 Å². The van der Waals surface area contributed by atoms with Gasteiger partial charge in [0, 0.05) is 16.6 Å². The molecule has 0 aliphatic carbocycles. The highest BCUT2D eigenvalue weighted by atomic mass is 79.9. The van der Waals surface area contributed by atoms with Crippen LogP contribution < -0.4 is 5.32 Å². The van der Waals surface area contributed by atoms with Gasteiger partial charge in [-0.25, -0.2) is 4.39 Å². The minimum Gasteiger partial charge on any atom is -0.322 e. The van der Waals surface area contributed by atoms with Gasteiger partial charge in [-0.2, -0.15) is 5.10 Å². The quantitative estimate of drug-likeness (QED) is 0.750. The number of anilines is 1. The Balaban J connectivity index is 1.85. The van der Waals surface area contributed by atoms with Gasteiger partial charge in [0.15, 0.2) is 0 Å². The van der Waals surface area contributed by atoms with Crippen LogP contribution in [0.2, 0.25) is 0 Å². The van der Waals surface area contributed by atoms with Crippen molar-refractivity contribution in [2.24, 2.45) is 0 Å². The van der Waals surface area contributed by atoms with E-state index in [1.54, 1.807) is 24.4 Å². The summed E-state index contributed by atoms with van der Waals surface area (Å²) in [5, 5.41) is 10.4. The zero-order chi connectivity index (χ0) is 14.1. The second-order valence-electron chi connectivity index (χ2n) is 4.26. The van der Waals surface area contributed by atoms with Crippen molar-refractivity contribution >= 4 is 38.4 Å². The maximum atomic E-state index is 13.4. The van der Waals surface area contributed by atoms with E-state index in [0.717, 1.165) is 10.9 Å². The number of halogens is 2. The van der Waals surface area contributed by atoms with Gasteiger partial charge in [0.05, 0.1) is 16.2 Å². The van der Waals surface area contributed by atoms with Gasteiger partial charge in [-0.05, 0) is 52.3 Å². The van der Waals surface area contributed by atoms with Crippen molar-refractivity contribution in [2.75, 3.05) is 5.32 Å². The lowest BCUT2D eigenvalue weighted by Gasteiger charge is -2.06. The van der Waals surface area contributed by atoms with Crippen LogP contribution in [0.5, 0.6) is 0 Å². The number of benzene rings is 2. The van der Waals surface area contributed by atoms with Crippen molar-refractivity contribution in [1.29, 1.82) is 0 Å². The maximum Gasteiger partial charge on any atom is 0.255 e. The lowest BCUT2D eigenvalue weighted by Crippen LogP contribution is -2.12. The molecule has 3 aromatic rings. The molecule has 0 unspecified atom stereocenters. The molecule has 1 heterocycles. The first-order valence-corrected chi connectivity index (χ1v) is 6.62. The summed E-state index contributed by atoms with van der Waals surface area (Å²) < 4.78 is 13.7. The normalized spacial score (nSPS) is 10.7. The van der Waals surface area contributed by atoms with E-state index in [-0.39, 0.29) is 11.5 Å². The van der Waals surface area contributed by atoms with Gasteiger partial charge in [-0.1, -0.05) is 0 Å². The number of rotatable bonds is 2. The zero-order valence-electron chi connectivity index (χ0n) is 10.2. The monoisotopic (exact) mass is 333 g/mol. The lowest BCUT2D eigenvalue weighted by atomic mass is 10.2. The molecule has 1 aromatic heterocycles. The number of amides is 1. The largest absolute Gasteiger partial charge is 0.322 e. The average Bonchev–Trinajstić information content (AvgIpc) is 2.89. The number of H-pyrrole nitrogens is 1. The van der Waals surface area contributed by atoms with Crippen molar-refractivity contribution in [1.82, 2.24) is 10.2 Å². The Labute approximate surface area is 122 Å². The number of carbonyl (C=O) groups is 1. The van der Waals surface area contributed by atoms with Crippen molar-refractivity contribution in [2.45, 2.75) is 0 Å². The summed E-state index contributed by atoms with van der Waals surface area (Å²) in [6, 6.07) is 9.63. The van der Waals surface area contributed by atoms with Gasteiger partial charge in [0.25, 0.3) is 5.91 Å². The third kappa shape index (κ3) is 2.42. The molecule has 0 aliphatic heterocycles. The van der Waals surface area contributed by atoms with Crippen LogP contribution in [0.15, 0.2) is 47.1 Å². The molecule has 0 saturated heterocycles. The fraction of sp³-hybridized carbons (Fsp3) is 0. The number of hydrogen-bond donors (Lipinski definition) is 2. The van der Waals surface area contributed by atoms with Crippen LogP contribution in [0.4, 0.5) is 10.1 Å². The Morgan fingerprint density at radius 2 is 2.10 bits per heavy atom. The Hall–Kier alpha value is -2.21. The molecule has 0 aliphatic rings. The first-order valence-electron chi connectivity index (χ1n) is 5.83. The number of carbonyl (C=O) groups excluding carboxylic acids is 1. The minimum absolute atomic E-state index is 0.260. The van der Waals surface area contributed by atoms with Crippen LogP contribution >= 0.6 is 15.9 Å². The van der Waals surface area contributed by atoms with Gasteiger partial charge in [-0.15, -0.1) is 0 Å². The highest BCUT2D eigenvalue weighted by Crippen LogP contribution is 2.19. The topological polar surface area (TPSA) is 57.8 Å². The van der Waals surface area contributed by atoms with Crippen molar-refractivity contribution < 1.29 is 9.18 Å². The molecular weight excluding hydrogens is 325 g/mol. The van der Waals surface area contributed by atoms with E-state index in [1.165, 1.54) is 12.1 Å². The first kappa shape index (κ1) is 12.8. The average molecular weight is 334 g/mol. The molecule has 4 nitrogen and oxygen atoms in total. The highest BCUT2D eigenvalue weighted by molar-refractivity contribution is 9.10. The third-order valence-electron chi connectivity index (χ3n) is 2.88. The number of nitrogens with one attached hydrogen (secondary N) is 2. The van der Waals surface area contributed by atoms with Crippen LogP contribution in [-0.2, 0) is 0 Å². The third-order valence-corrected chi connectivity index (χ3v) is 3.52. The standard InChI is InChI=1S/C14H9BrFN3O/c15-11-4-2-8(5-12(11)16)14(20)18-10-3-1-9-7-17-19-13(9)6-10/h1-7H,(H,17,19)(H,18,20). The second-order valence-corrected chi connectivity index (χ2v) is 5.11. The van der Waals surface area contributed by atoms with Gasteiger partial charge in [-0.3, -0.25) is 9.89 Å². The van der Waals surface area contributed by atoms with E-state index in [0.29, 0.717) is 10.2 Å². The van der Waals surface area contributed by atoms with Gasteiger partial charge in [0.1, 0.15) is 5.82 Å². The molecule has 20 heavy (non-hydrogen) atoms. The molecule has 6 heteroatoms. The van der Waals surface area contributed by atoms with Crippen LogP contribution in [0.25, 0.3) is 10.9 Å². The lowest BCUT2D eigenvalue weighted by molar-refractivity contribution is 0.102.